The Bertz CT molecular complexity index is 653. The Balaban J connectivity index is 2.36. The van der Waals surface area contributed by atoms with E-state index in [1.165, 1.54) is 11.0 Å². The zero-order valence-corrected chi connectivity index (χ0v) is 12.6. The number of sulfonamides is 1. The Kier molecular flexibility index (Phi) is 3.62. The molecule has 1 aromatic carbocycles. The monoisotopic (exact) mass is 297 g/mol. The van der Waals surface area contributed by atoms with Gasteiger partial charge >= 0.3 is 0 Å². The first-order valence-corrected chi connectivity index (χ1v) is 7.78. The Labute approximate surface area is 119 Å². The molecule has 1 aliphatic rings. The highest BCUT2D eigenvalue weighted by Gasteiger charge is 2.28. The van der Waals surface area contributed by atoms with Gasteiger partial charge < -0.3 is 10.6 Å². The summed E-state index contributed by atoms with van der Waals surface area (Å²) in [5, 5.41) is 0. The van der Waals surface area contributed by atoms with E-state index in [0.717, 1.165) is 11.3 Å². The van der Waals surface area contributed by atoms with Gasteiger partial charge in [0.1, 0.15) is 0 Å². The first-order valence-electron chi connectivity index (χ1n) is 6.30. The highest BCUT2D eigenvalue weighted by Crippen LogP contribution is 2.29. The Morgan fingerprint density at radius 1 is 1.40 bits per heavy atom. The summed E-state index contributed by atoms with van der Waals surface area (Å²) >= 11 is 0. The molecule has 20 heavy (non-hydrogen) atoms. The third-order valence-corrected chi connectivity index (χ3v) is 5.06. The van der Waals surface area contributed by atoms with Gasteiger partial charge in [-0.05, 0) is 37.6 Å². The van der Waals surface area contributed by atoms with Crippen LogP contribution in [0.15, 0.2) is 23.1 Å². The predicted molar refractivity (Wildman–Crippen MR) is 77.0 cm³/mol. The predicted octanol–water partition coefficient (Wildman–Crippen LogP) is 0.221. The van der Waals surface area contributed by atoms with Crippen molar-refractivity contribution in [3.8, 4) is 0 Å². The number of amides is 1. The number of likely N-dealkylation sites (N-methyl/N-ethyl adjacent to an activating group) is 1. The minimum atomic E-state index is -3.65. The first-order chi connectivity index (χ1) is 9.16. The van der Waals surface area contributed by atoms with Crippen LogP contribution in [0, 0.1) is 0 Å². The molecule has 110 valence electrons. The van der Waals surface area contributed by atoms with Crippen molar-refractivity contribution in [3.05, 3.63) is 23.8 Å². The van der Waals surface area contributed by atoms with Crippen LogP contribution in [-0.4, -0.2) is 33.5 Å². The fourth-order valence-corrected chi connectivity index (χ4v) is 3.55. The lowest BCUT2D eigenvalue weighted by Crippen LogP contribution is -2.48. The molecule has 1 heterocycles. The van der Waals surface area contributed by atoms with Gasteiger partial charge in [0, 0.05) is 24.8 Å². The van der Waals surface area contributed by atoms with Gasteiger partial charge in [-0.25, -0.2) is 13.1 Å². The van der Waals surface area contributed by atoms with Crippen molar-refractivity contribution in [2.24, 2.45) is 5.73 Å². The van der Waals surface area contributed by atoms with Crippen molar-refractivity contribution >= 4 is 21.6 Å². The summed E-state index contributed by atoms with van der Waals surface area (Å²) in [5.74, 6) is -0.0372. The van der Waals surface area contributed by atoms with Gasteiger partial charge in [0.15, 0.2) is 0 Å². The maximum absolute atomic E-state index is 12.3. The molecule has 1 aromatic rings. The van der Waals surface area contributed by atoms with Crippen molar-refractivity contribution < 1.29 is 13.2 Å². The number of benzene rings is 1. The molecule has 0 atom stereocenters. The van der Waals surface area contributed by atoms with Crippen LogP contribution in [-0.2, 0) is 21.2 Å². The van der Waals surface area contributed by atoms with E-state index in [9.17, 15) is 13.2 Å². The van der Waals surface area contributed by atoms with Crippen molar-refractivity contribution in [3.63, 3.8) is 0 Å². The quantitative estimate of drug-likeness (QED) is 0.831. The summed E-state index contributed by atoms with van der Waals surface area (Å²) in [6, 6.07) is 4.71. The topological polar surface area (TPSA) is 92.5 Å². The number of nitrogens with one attached hydrogen (secondary N) is 1. The number of nitrogens with two attached hydrogens (primary N) is 1. The molecule has 1 aliphatic heterocycles. The zero-order valence-electron chi connectivity index (χ0n) is 11.8. The molecule has 6 nitrogen and oxygen atoms in total. The number of hydrogen-bond acceptors (Lipinski definition) is 4. The van der Waals surface area contributed by atoms with E-state index in [1.54, 1.807) is 33.0 Å². The van der Waals surface area contributed by atoms with Crippen LogP contribution >= 0.6 is 0 Å². The highest BCUT2D eigenvalue weighted by atomic mass is 32.2. The summed E-state index contributed by atoms with van der Waals surface area (Å²) < 4.78 is 27.2. The molecule has 0 fully saturated rings. The third-order valence-electron chi connectivity index (χ3n) is 3.36. The average Bonchev–Trinajstić information content (AvgIpc) is 2.63. The fraction of sp³-hybridized carbons (Fsp3) is 0.462. The summed E-state index contributed by atoms with van der Waals surface area (Å²) in [4.78, 5) is 13.3. The molecule has 0 aliphatic carbocycles. The van der Waals surface area contributed by atoms with Gasteiger partial charge in [-0.15, -0.1) is 0 Å². The second-order valence-corrected chi connectivity index (χ2v) is 7.30. The SMILES string of the molecule is CN1C(=O)Cc2cc(S(=O)(=O)NC(C)(C)CN)ccc21. The second kappa shape index (κ2) is 4.83. The lowest BCUT2D eigenvalue weighted by atomic mass is 10.1. The molecule has 0 aromatic heterocycles. The lowest BCUT2D eigenvalue weighted by molar-refractivity contribution is -0.117. The maximum atomic E-state index is 12.3. The molecule has 7 heteroatoms. The molecular formula is C13H19N3O3S. The highest BCUT2D eigenvalue weighted by molar-refractivity contribution is 7.89. The van der Waals surface area contributed by atoms with Gasteiger partial charge in [0.25, 0.3) is 0 Å². The Hall–Kier alpha value is -1.44. The summed E-state index contributed by atoms with van der Waals surface area (Å²) in [5.41, 5.74) is 6.31. The van der Waals surface area contributed by atoms with E-state index >= 15 is 0 Å². The van der Waals surface area contributed by atoms with E-state index in [-0.39, 0.29) is 23.8 Å². The molecule has 0 saturated carbocycles. The normalized spacial score (nSPS) is 15.6. The largest absolute Gasteiger partial charge is 0.329 e. The number of rotatable bonds is 4. The fourth-order valence-electron chi connectivity index (χ4n) is 2.08. The second-order valence-electron chi connectivity index (χ2n) is 5.61. The third kappa shape index (κ3) is 2.70. The lowest BCUT2D eigenvalue weighted by Gasteiger charge is -2.24. The summed E-state index contributed by atoms with van der Waals surface area (Å²) in [6.45, 7) is 3.63. The molecule has 0 bridgehead atoms. The van der Waals surface area contributed by atoms with Crippen LogP contribution in [0.2, 0.25) is 0 Å². The van der Waals surface area contributed by atoms with Crippen molar-refractivity contribution in [1.82, 2.24) is 4.72 Å². The first kappa shape index (κ1) is 15.0. The van der Waals surface area contributed by atoms with Crippen LogP contribution in [0.1, 0.15) is 19.4 Å². The molecule has 0 saturated heterocycles. The molecular weight excluding hydrogens is 278 g/mol. The molecule has 1 amide bonds. The Morgan fingerprint density at radius 3 is 2.65 bits per heavy atom. The van der Waals surface area contributed by atoms with Gasteiger partial charge in [-0.3, -0.25) is 4.79 Å². The van der Waals surface area contributed by atoms with E-state index in [1.807, 2.05) is 0 Å². The number of hydrogen-bond donors (Lipinski definition) is 2. The van der Waals surface area contributed by atoms with Crippen molar-refractivity contribution in [2.75, 3.05) is 18.5 Å². The van der Waals surface area contributed by atoms with Crippen molar-refractivity contribution in [1.29, 1.82) is 0 Å². The molecule has 0 spiro atoms. The van der Waals surface area contributed by atoms with Crippen molar-refractivity contribution in [2.45, 2.75) is 30.7 Å². The van der Waals surface area contributed by atoms with Gasteiger partial charge in [0.05, 0.1) is 11.3 Å². The molecule has 0 unspecified atom stereocenters. The number of carbonyl (C=O) groups is 1. The standard InChI is InChI=1S/C13H19N3O3S/c1-13(2,8-14)15-20(18,19)10-4-5-11-9(6-10)7-12(17)16(11)3/h4-6,15H,7-8,14H2,1-3H3. The van der Waals surface area contributed by atoms with E-state index in [0.29, 0.717) is 0 Å². The number of fused-ring (bicyclic) bond motifs is 1. The van der Waals surface area contributed by atoms with E-state index < -0.39 is 15.6 Å². The van der Waals surface area contributed by atoms with Crippen LogP contribution in [0.5, 0.6) is 0 Å². The van der Waals surface area contributed by atoms with Crippen LogP contribution in [0.25, 0.3) is 0 Å². The average molecular weight is 297 g/mol. The zero-order chi connectivity index (χ0) is 15.1. The molecule has 3 N–H and O–H groups in total. The van der Waals surface area contributed by atoms with Gasteiger partial charge in [-0.2, -0.15) is 0 Å². The van der Waals surface area contributed by atoms with E-state index in [2.05, 4.69) is 4.72 Å². The minimum Gasteiger partial charge on any atom is -0.329 e. The number of anilines is 1. The van der Waals surface area contributed by atoms with Crippen LogP contribution in [0.4, 0.5) is 5.69 Å². The summed E-state index contributed by atoms with van der Waals surface area (Å²) in [7, 11) is -1.97. The number of carbonyl (C=O) groups excluding carboxylic acids is 1. The van der Waals surface area contributed by atoms with Gasteiger partial charge in [-0.1, -0.05) is 0 Å². The molecule has 0 radical (unpaired) electrons. The molecule has 2 rings (SSSR count). The Morgan fingerprint density at radius 2 is 2.05 bits per heavy atom. The summed E-state index contributed by atoms with van der Waals surface area (Å²) in [6.07, 6.45) is 0.232. The van der Waals surface area contributed by atoms with E-state index in [4.69, 9.17) is 5.73 Å². The maximum Gasteiger partial charge on any atom is 0.241 e. The number of nitrogens with zero attached hydrogens (tertiary/aromatic N) is 1. The minimum absolute atomic E-state index is 0.0372. The van der Waals surface area contributed by atoms with Crippen LogP contribution < -0.4 is 15.4 Å². The van der Waals surface area contributed by atoms with Crippen LogP contribution in [0.3, 0.4) is 0 Å². The van der Waals surface area contributed by atoms with Gasteiger partial charge in [0.2, 0.25) is 15.9 Å². The smallest absolute Gasteiger partial charge is 0.241 e.